The largest absolute Gasteiger partial charge is 0.494 e. The number of carbonyl (C=O) groups excluding carboxylic acids is 1. The van der Waals surface area contributed by atoms with Crippen molar-refractivity contribution < 1.29 is 28.6 Å². The molecule has 7 heteroatoms. The monoisotopic (exact) mass is 389 g/mol. The van der Waals surface area contributed by atoms with E-state index in [1.54, 1.807) is 12.1 Å². The molecule has 0 aliphatic rings. The number of ether oxygens (including phenoxy) is 2. The average molecular weight is 389 g/mol. The lowest BCUT2D eigenvalue weighted by molar-refractivity contribution is -0.150. The second-order valence-corrected chi connectivity index (χ2v) is 6.42. The van der Waals surface area contributed by atoms with Crippen LogP contribution >= 0.6 is 0 Å². The van der Waals surface area contributed by atoms with Gasteiger partial charge in [-0.2, -0.15) is 0 Å². The quantitative estimate of drug-likeness (QED) is 0.733. The Morgan fingerprint density at radius 1 is 1.18 bits per heavy atom. The number of amides is 1. The van der Waals surface area contributed by atoms with Crippen LogP contribution in [0, 0.1) is 5.82 Å². The molecule has 1 unspecified atom stereocenters. The van der Waals surface area contributed by atoms with Crippen molar-refractivity contribution in [2.45, 2.75) is 32.4 Å². The second-order valence-electron chi connectivity index (χ2n) is 6.42. The van der Waals surface area contributed by atoms with E-state index in [1.165, 1.54) is 26.2 Å². The number of aliphatic carboxylic acids is 1. The Morgan fingerprint density at radius 2 is 1.86 bits per heavy atom. The maximum Gasteiger partial charge on any atom is 0.411 e. The van der Waals surface area contributed by atoms with Crippen molar-refractivity contribution >= 4 is 12.1 Å². The Morgan fingerprint density at radius 3 is 2.39 bits per heavy atom. The summed E-state index contributed by atoms with van der Waals surface area (Å²) in [6, 6.07) is 12.9. The number of methoxy groups -OCH3 is 1. The number of carboxylic acids is 1. The van der Waals surface area contributed by atoms with E-state index in [-0.39, 0.29) is 24.5 Å². The first-order valence-electron chi connectivity index (χ1n) is 8.90. The van der Waals surface area contributed by atoms with Gasteiger partial charge in [-0.05, 0) is 36.6 Å². The van der Waals surface area contributed by atoms with Crippen LogP contribution < -0.4 is 4.74 Å². The Hall–Kier alpha value is -3.09. The van der Waals surface area contributed by atoms with Crippen molar-refractivity contribution in [1.29, 1.82) is 0 Å². The molecule has 28 heavy (non-hydrogen) atoms. The maximum absolute atomic E-state index is 14.2. The summed E-state index contributed by atoms with van der Waals surface area (Å²) < 4.78 is 24.4. The third-order valence-electron chi connectivity index (χ3n) is 4.54. The first kappa shape index (κ1) is 21.2. The highest BCUT2D eigenvalue weighted by Crippen LogP contribution is 2.32. The molecule has 0 saturated heterocycles. The van der Waals surface area contributed by atoms with Crippen molar-refractivity contribution in [1.82, 2.24) is 4.90 Å². The molecule has 0 saturated carbocycles. The van der Waals surface area contributed by atoms with Gasteiger partial charge in [0, 0.05) is 6.54 Å². The number of rotatable bonds is 8. The van der Waals surface area contributed by atoms with Crippen LogP contribution in [-0.4, -0.2) is 35.7 Å². The van der Waals surface area contributed by atoms with Gasteiger partial charge in [-0.25, -0.2) is 14.0 Å². The van der Waals surface area contributed by atoms with Gasteiger partial charge in [0.2, 0.25) is 0 Å². The van der Waals surface area contributed by atoms with E-state index < -0.39 is 23.4 Å². The lowest BCUT2D eigenvalue weighted by Crippen LogP contribution is -2.53. The highest BCUT2D eigenvalue weighted by atomic mass is 19.1. The van der Waals surface area contributed by atoms with E-state index in [9.17, 15) is 19.1 Å². The van der Waals surface area contributed by atoms with Gasteiger partial charge in [-0.3, -0.25) is 4.90 Å². The maximum atomic E-state index is 14.2. The molecule has 1 amide bonds. The Balaban J connectivity index is 2.35. The third-order valence-corrected chi connectivity index (χ3v) is 4.54. The SMILES string of the molecule is CCCN(C(=O)OCc1ccccc1)C(C)(C(=O)O)c1ccc(OC)c(F)c1. The van der Waals surface area contributed by atoms with E-state index in [0.29, 0.717) is 6.42 Å². The van der Waals surface area contributed by atoms with Gasteiger partial charge >= 0.3 is 12.1 Å². The first-order valence-corrected chi connectivity index (χ1v) is 8.90. The van der Waals surface area contributed by atoms with Crippen LogP contribution in [0.1, 0.15) is 31.4 Å². The van der Waals surface area contributed by atoms with Crippen LogP contribution in [0.5, 0.6) is 5.75 Å². The van der Waals surface area contributed by atoms with E-state index in [1.807, 2.05) is 25.1 Å². The van der Waals surface area contributed by atoms with Crippen molar-refractivity contribution in [2.75, 3.05) is 13.7 Å². The summed E-state index contributed by atoms with van der Waals surface area (Å²) in [5.41, 5.74) is -0.917. The molecule has 6 nitrogen and oxygen atoms in total. The average Bonchev–Trinajstić information content (AvgIpc) is 2.70. The van der Waals surface area contributed by atoms with Crippen molar-refractivity contribution in [3.8, 4) is 5.75 Å². The fourth-order valence-corrected chi connectivity index (χ4v) is 2.88. The normalized spacial score (nSPS) is 12.7. The molecular weight excluding hydrogens is 365 g/mol. The number of hydrogen-bond donors (Lipinski definition) is 1. The number of hydrogen-bond acceptors (Lipinski definition) is 4. The lowest BCUT2D eigenvalue weighted by atomic mass is 9.89. The van der Waals surface area contributed by atoms with Crippen LogP contribution in [0.25, 0.3) is 0 Å². The van der Waals surface area contributed by atoms with E-state index in [0.717, 1.165) is 16.5 Å². The summed E-state index contributed by atoms with van der Waals surface area (Å²) in [6.45, 7) is 3.31. The zero-order valence-corrected chi connectivity index (χ0v) is 16.1. The molecule has 0 spiro atoms. The summed E-state index contributed by atoms with van der Waals surface area (Å²) in [6.07, 6.45) is -0.283. The molecule has 0 bridgehead atoms. The number of carboxylic acid groups (broad SMARTS) is 1. The van der Waals surface area contributed by atoms with Crippen molar-refractivity contribution in [3.05, 3.63) is 65.5 Å². The van der Waals surface area contributed by atoms with E-state index in [4.69, 9.17) is 9.47 Å². The Bertz CT molecular complexity index is 827. The smallest absolute Gasteiger partial charge is 0.411 e. The van der Waals surface area contributed by atoms with E-state index >= 15 is 0 Å². The highest BCUT2D eigenvalue weighted by molar-refractivity contribution is 5.85. The van der Waals surface area contributed by atoms with Crippen LogP contribution in [0.15, 0.2) is 48.5 Å². The molecule has 1 atom stereocenters. The molecule has 2 rings (SSSR count). The van der Waals surface area contributed by atoms with Crippen LogP contribution in [0.2, 0.25) is 0 Å². The van der Waals surface area contributed by atoms with Crippen molar-refractivity contribution in [2.24, 2.45) is 0 Å². The van der Waals surface area contributed by atoms with Gasteiger partial charge in [0.15, 0.2) is 17.1 Å². The molecular formula is C21H24FNO5. The summed E-state index contributed by atoms with van der Waals surface area (Å²) in [4.78, 5) is 26.1. The molecule has 0 fully saturated rings. The van der Waals surface area contributed by atoms with Crippen LogP contribution in [-0.2, 0) is 21.7 Å². The minimum Gasteiger partial charge on any atom is -0.494 e. The minimum atomic E-state index is -1.81. The summed E-state index contributed by atoms with van der Waals surface area (Å²) in [5, 5.41) is 9.93. The topological polar surface area (TPSA) is 76.1 Å². The second kappa shape index (κ2) is 9.21. The molecule has 0 aliphatic heterocycles. The van der Waals surface area contributed by atoms with Gasteiger partial charge in [-0.1, -0.05) is 43.3 Å². The van der Waals surface area contributed by atoms with Crippen LogP contribution in [0.3, 0.4) is 0 Å². The molecule has 2 aromatic rings. The molecule has 2 aromatic carbocycles. The van der Waals surface area contributed by atoms with Gasteiger partial charge < -0.3 is 14.6 Å². The fourth-order valence-electron chi connectivity index (χ4n) is 2.88. The third kappa shape index (κ3) is 4.42. The minimum absolute atomic E-state index is 0.00651. The molecule has 150 valence electrons. The number of benzene rings is 2. The van der Waals surface area contributed by atoms with Gasteiger partial charge in [0.05, 0.1) is 7.11 Å². The highest BCUT2D eigenvalue weighted by Gasteiger charge is 2.45. The van der Waals surface area contributed by atoms with Gasteiger partial charge in [-0.15, -0.1) is 0 Å². The molecule has 0 heterocycles. The summed E-state index contributed by atoms with van der Waals surface area (Å²) in [7, 11) is 1.32. The zero-order chi connectivity index (χ0) is 20.7. The molecule has 0 aromatic heterocycles. The predicted molar refractivity (Wildman–Crippen MR) is 102 cm³/mol. The molecule has 0 aliphatic carbocycles. The lowest BCUT2D eigenvalue weighted by Gasteiger charge is -2.37. The van der Waals surface area contributed by atoms with Gasteiger partial charge in [0.25, 0.3) is 0 Å². The van der Waals surface area contributed by atoms with Gasteiger partial charge in [0.1, 0.15) is 6.61 Å². The Kier molecular flexibility index (Phi) is 6.98. The number of halogens is 1. The summed E-state index contributed by atoms with van der Waals surface area (Å²) in [5.74, 6) is -2.01. The number of carbonyl (C=O) groups is 2. The van der Waals surface area contributed by atoms with E-state index in [2.05, 4.69) is 0 Å². The predicted octanol–water partition coefficient (Wildman–Crippen LogP) is 4.18. The fraction of sp³-hybridized carbons (Fsp3) is 0.333. The standard InChI is InChI=1S/C21H24FNO5/c1-4-12-23(20(26)28-14-15-8-6-5-7-9-15)21(2,19(24)25)16-10-11-18(27-3)17(22)13-16/h5-11,13H,4,12,14H2,1-3H3,(H,24,25). The first-order chi connectivity index (χ1) is 13.3. The van der Waals surface area contributed by atoms with Crippen LogP contribution in [0.4, 0.5) is 9.18 Å². The molecule has 1 N–H and O–H groups in total. The number of nitrogens with zero attached hydrogens (tertiary/aromatic N) is 1. The molecule has 0 radical (unpaired) electrons. The van der Waals surface area contributed by atoms with Crippen molar-refractivity contribution in [3.63, 3.8) is 0 Å². The Labute approximate surface area is 163 Å². The zero-order valence-electron chi connectivity index (χ0n) is 16.1. The summed E-state index contributed by atoms with van der Waals surface area (Å²) >= 11 is 0.